The third-order valence-electron chi connectivity index (χ3n) is 3.41. The van der Waals surface area contributed by atoms with Gasteiger partial charge in [0.25, 0.3) is 0 Å². The number of aryl methyl sites for hydroxylation is 2. The van der Waals surface area contributed by atoms with Gasteiger partial charge in [0.15, 0.2) is 0 Å². The van der Waals surface area contributed by atoms with Crippen LogP contribution in [0.5, 0.6) is 0 Å². The molecule has 1 aromatic rings. The first-order valence-electron chi connectivity index (χ1n) is 6.31. The van der Waals surface area contributed by atoms with E-state index in [-0.39, 0.29) is 0 Å². The van der Waals surface area contributed by atoms with E-state index < -0.39 is 5.60 Å². The average molecular weight is 236 g/mol. The lowest BCUT2D eigenvalue weighted by molar-refractivity contribution is 0.00742. The predicted molar refractivity (Wildman–Crippen MR) is 66.0 cm³/mol. The van der Waals surface area contributed by atoms with Gasteiger partial charge in [0.2, 0.25) is 5.95 Å². The molecule has 0 radical (unpaired) electrons. The van der Waals surface area contributed by atoms with Gasteiger partial charge in [0.05, 0.1) is 30.1 Å². The second-order valence-electron chi connectivity index (χ2n) is 4.65. The van der Waals surface area contributed by atoms with Crippen molar-refractivity contribution in [2.24, 2.45) is 0 Å². The zero-order valence-corrected chi connectivity index (χ0v) is 10.8. The third kappa shape index (κ3) is 2.24. The van der Waals surface area contributed by atoms with Crippen LogP contribution in [0.2, 0.25) is 0 Å². The Balaban J connectivity index is 2.13. The predicted octanol–water partition coefficient (Wildman–Crippen LogP) is 0.957. The third-order valence-corrected chi connectivity index (χ3v) is 3.41. The van der Waals surface area contributed by atoms with Crippen LogP contribution in [0.4, 0.5) is 5.95 Å². The van der Waals surface area contributed by atoms with E-state index in [1.807, 2.05) is 11.8 Å². The fourth-order valence-corrected chi connectivity index (χ4v) is 2.09. The first-order valence-corrected chi connectivity index (χ1v) is 6.31. The summed E-state index contributed by atoms with van der Waals surface area (Å²) in [7, 11) is 0. The highest BCUT2D eigenvalue weighted by molar-refractivity contribution is 5.37. The monoisotopic (exact) mass is 236 g/mol. The first kappa shape index (κ1) is 12.2. The van der Waals surface area contributed by atoms with E-state index in [0.717, 1.165) is 30.7 Å². The molecule has 17 heavy (non-hydrogen) atoms. The van der Waals surface area contributed by atoms with Gasteiger partial charge in [-0.3, -0.25) is 0 Å². The molecule has 1 aliphatic rings. The minimum absolute atomic E-state index is 0.556. The molecule has 1 N–H and O–H groups in total. The Morgan fingerprint density at radius 3 is 2.29 bits per heavy atom. The molecule has 0 aliphatic carbocycles. The second-order valence-corrected chi connectivity index (χ2v) is 4.65. The van der Waals surface area contributed by atoms with Crippen molar-refractivity contribution in [3.05, 3.63) is 11.4 Å². The van der Waals surface area contributed by atoms with E-state index >= 15 is 0 Å². The van der Waals surface area contributed by atoms with Crippen LogP contribution in [-0.2, 0) is 12.8 Å². The van der Waals surface area contributed by atoms with E-state index in [4.69, 9.17) is 0 Å². The summed E-state index contributed by atoms with van der Waals surface area (Å²) >= 11 is 0. The lowest BCUT2D eigenvalue weighted by Crippen LogP contribution is -2.62. The van der Waals surface area contributed by atoms with Gasteiger partial charge in [-0.25, -0.2) is 4.98 Å². The van der Waals surface area contributed by atoms with E-state index in [0.29, 0.717) is 19.0 Å². The summed E-state index contributed by atoms with van der Waals surface area (Å²) in [5.74, 6) is 0.650. The zero-order valence-electron chi connectivity index (χ0n) is 10.8. The maximum atomic E-state index is 9.96. The Labute approximate surface area is 102 Å². The number of anilines is 1. The Bertz CT molecular complexity index is 401. The molecule has 2 heterocycles. The Kier molecular flexibility index (Phi) is 3.28. The molecule has 1 aromatic heterocycles. The van der Waals surface area contributed by atoms with Gasteiger partial charge in [-0.1, -0.05) is 20.8 Å². The van der Waals surface area contributed by atoms with E-state index in [1.165, 1.54) is 0 Å². The standard InChI is InChI=1S/C12H20N4O/c1-4-9-10(5-2)14-15-11(13-9)16-7-12(17,6-3)8-16/h17H,4-8H2,1-3H3. The molecule has 5 nitrogen and oxygen atoms in total. The van der Waals surface area contributed by atoms with Gasteiger partial charge in [-0.2, -0.15) is 5.10 Å². The van der Waals surface area contributed by atoms with Gasteiger partial charge in [-0.05, 0) is 19.3 Å². The highest BCUT2D eigenvalue weighted by Gasteiger charge is 2.41. The molecule has 0 bridgehead atoms. The summed E-state index contributed by atoms with van der Waals surface area (Å²) in [5, 5.41) is 18.3. The molecule has 0 unspecified atom stereocenters. The minimum atomic E-state index is -0.556. The quantitative estimate of drug-likeness (QED) is 0.843. The number of aliphatic hydroxyl groups is 1. The van der Waals surface area contributed by atoms with Crippen molar-refractivity contribution >= 4 is 5.95 Å². The van der Waals surface area contributed by atoms with Crippen molar-refractivity contribution in [1.29, 1.82) is 0 Å². The van der Waals surface area contributed by atoms with Crippen LogP contribution in [-0.4, -0.2) is 39.0 Å². The SMILES string of the molecule is CCc1nnc(N2CC(O)(CC)C2)nc1CC. The zero-order chi connectivity index (χ0) is 12.5. The fraction of sp³-hybridized carbons (Fsp3) is 0.750. The smallest absolute Gasteiger partial charge is 0.245 e. The van der Waals surface area contributed by atoms with E-state index in [1.54, 1.807) is 0 Å². The van der Waals surface area contributed by atoms with Gasteiger partial charge < -0.3 is 10.0 Å². The van der Waals surface area contributed by atoms with Crippen molar-refractivity contribution in [2.75, 3.05) is 18.0 Å². The van der Waals surface area contributed by atoms with Gasteiger partial charge in [-0.15, -0.1) is 5.10 Å². The summed E-state index contributed by atoms with van der Waals surface area (Å²) in [6.45, 7) is 7.35. The van der Waals surface area contributed by atoms with Crippen LogP contribution >= 0.6 is 0 Å². The maximum Gasteiger partial charge on any atom is 0.245 e. The molecule has 94 valence electrons. The summed E-state index contributed by atoms with van der Waals surface area (Å²) in [4.78, 5) is 6.51. The lowest BCUT2D eigenvalue weighted by Gasteiger charge is -2.45. The van der Waals surface area contributed by atoms with Crippen LogP contribution in [0.25, 0.3) is 0 Å². The Morgan fingerprint density at radius 2 is 1.76 bits per heavy atom. The lowest BCUT2D eigenvalue weighted by atomic mass is 9.92. The van der Waals surface area contributed by atoms with Crippen LogP contribution in [0.3, 0.4) is 0 Å². The highest BCUT2D eigenvalue weighted by Crippen LogP contribution is 2.27. The van der Waals surface area contributed by atoms with Crippen molar-refractivity contribution in [1.82, 2.24) is 15.2 Å². The Hall–Kier alpha value is -1.23. The first-order chi connectivity index (χ1) is 8.11. The van der Waals surface area contributed by atoms with Crippen molar-refractivity contribution in [3.8, 4) is 0 Å². The van der Waals surface area contributed by atoms with Crippen molar-refractivity contribution < 1.29 is 5.11 Å². The maximum absolute atomic E-state index is 9.96. The van der Waals surface area contributed by atoms with Crippen LogP contribution in [0, 0.1) is 0 Å². The topological polar surface area (TPSA) is 62.1 Å². The minimum Gasteiger partial charge on any atom is -0.386 e. The molecule has 2 rings (SSSR count). The van der Waals surface area contributed by atoms with E-state index in [9.17, 15) is 5.11 Å². The molecule has 1 saturated heterocycles. The number of hydrogen-bond donors (Lipinski definition) is 1. The Morgan fingerprint density at radius 1 is 1.12 bits per heavy atom. The highest BCUT2D eigenvalue weighted by atomic mass is 16.3. The molecular formula is C12H20N4O. The van der Waals surface area contributed by atoms with Crippen LogP contribution in [0.15, 0.2) is 0 Å². The summed E-state index contributed by atoms with van der Waals surface area (Å²) in [6, 6.07) is 0. The van der Waals surface area contributed by atoms with Crippen LogP contribution < -0.4 is 4.90 Å². The van der Waals surface area contributed by atoms with Gasteiger partial charge in [0, 0.05) is 0 Å². The molecule has 0 saturated carbocycles. The molecule has 0 spiro atoms. The molecule has 1 aliphatic heterocycles. The fourth-order valence-electron chi connectivity index (χ4n) is 2.09. The number of β-amino-alcohol motifs (C(OH)–C–C–N with tert-alkyl or cyclic N) is 1. The number of hydrogen-bond acceptors (Lipinski definition) is 5. The average Bonchev–Trinajstić information content (AvgIpc) is 2.34. The second kappa shape index (κ2) is 4.56. The largest absolute Gasteiger partial charge is 0.386 e. The van der Waals surface area contributed by atoms with Gasteiger partial charge in [0.1, 0.15) is 0 Å². The van der Waals surface area contributed by atoms with Crippen molar-refractivity contribution in [2.45, 2.75) is 45.6 Å². The molecule has 0 aromatic carbocycles. The molecule has 5 heteroatoms. The number of nitrogens with zero attached hydrogens (tertiary/aromatic N) is 4. The summed E-state index contributed by atoms with van der Waals surface area (Å²) in [6.07, 6.45) is 2.50. The van der Waals surface area contributed by atoms with Crippen LogP contribution in [0.1, 0.15) is 38.6 Å². The van der Waals surface area contributed by atoms with E-state index in [2.05, 4.69) is 29.0 Å². The molecule has 0 amide bonds. The normalized spacial score (nSPS) is 18.0. The number of rotatable bonds is 4. The summed E-state index contributed by atoms with van der Waals surface area (Å²) in [5.41, 5.74) is 1.44. The van der Waals surface area contributed by atoms with Crippen molar-refractivity contribution in [3.63, 3.8) is 0 Å². The molecular weight excluding hydrogens is 216 g/mol. The number of aromatic nitrogens is 3. The molecule has 0 atom stereocenters. The summed E-state index contributed by atoms with van der Waals surface area (Å²) < 4.78 is 0. The molecule has 1 fully saturated rings. The van der Waals surface area contributed by atoms with Gasteiger partial charge >= 0.3 is 0 Å².